The van der Waals surface area contributed by atoms with Crippen molar-refractivity contribution < 1.29 is 9.84 Å². The van der Waals surface area contributed by atoms with Crippen molar-refractivity contribution in [2.45, 2.75) is 33.0 Å². The van der Waals surface area contributed by atoms with Crippen LogP contribution in [0.4, 0.5) is 0 Å². The van der Waals surface area contributed by atoms with Crippen LogP contribution in [0.5, 0.6) is 5.75 Å². The third kappa shape index (κ3) is 5.32. The van der Waals surface area contributed by atoms with Crippen molar-refractivity contribution in [2.24, 2.45) is 0 Å². The molecule has 0 radical (unpaired) electrons. The van der Waals surface area contributed by atoms with Gasteiger partial charge < -0.3 is 9.84 Å². The highest BCUT2D eigenvalue weighted by molar-refractivity contribution is 5.65. The summed E-state index contributed by atoms with van der Waals surface area (Å²) in [6.45, 7) is 13.9. The van der Waals surface area contributed by atoms with Gasteiger partial charge in [0.25, 0.3) is 0 Å². The third-order valence-corrected chi connectivity index (χ3v) is 4.36. The number of aliphatic hydroxyl groups is 1. The fourth-order valence-electron chi connectivity index (χ4n) is 2.96. The summed E-state index contributed by atoms with van der Waals surface area (Å²) < 4.78 is 5.72. The van der Waals surface area contributed by atoms with Crippen LogP contribution in [-0.4, -0.2) is 5.11 Å². The number of aliphatic hydroxyl groups excluding tert-OH is 1. The Kier molecular flexibility index (Phi) is 7.39. The van der Waals surface area contributed by atoms with Crippen LogP contribution >= 0.6 is 0 Å². The van der Waals surface area contributed by atoms with Crippen LogP contribution in [0.1, 0.15) is 55.2 Å². The van der Waals surface area contributed by atoms with Gasteiger partial charge in [0.1, 0.15) is 5.75 Å². The standard InChI is InChI=1S/C25H28O2/c1-6-9-20-11-12-22(17-19(20)8-3)25(26)27-23-15-13-21(14-16-23)24(10-7-2)18(4)5/h6-17,24-26H,3-4H2,1-2,5H3/b9-6-,10-7-. The Balaban J connectivity index is 2.17. The molecule has 0 amide bonds. The van der Waals surface area contributed by atoms with Gasteiger partial charge in [-0.3, -0.25) is 0 Å². The lowest BCUT2D eigenvalue weighted by Crippen LogP contribution is -2.07. The molecule has 2 rings (SSSR count). The SMILES string of the molecule is C=Cc1cc(C(O)Oc2ccc(C(/C=C\C)C(=C)C)cc2)ccc1/C=C\C. The van der Waals surface area contributed by atoms with Crippen molar-refractivity contribution in [3.05, 3.63) is 102 Å². The molecule has 0 bridgehead atoms. The molecule has 2 nitrogen and oxygen atoms in total. The van der Waals surface area contributed by atoms with Crippen LogP contribution in [0.2, 0.25) is 0 Å². The Bertz CT molecular complexity index is 841. The second-order valence-corrected chi connectivity index (χ2v) is 6.48. The highest BCUT2D eigenvalue weighted by atomic mass is 16.6. The summed E-state index contributed by atoms with van der Waals surface area (Å²) >= 11 is 0. The maximum atomic E-state index is 10.5. The first-order valence-electron chi connectivity index (χ1n) is 9.12. The number of rotatable bonds is 8. The molecule has 0 aliphatic rings. The lowest BCUT2D eigenvalue weighted by atomic mass is 9.92. The van der Waals surface area contributed by atoms with Gasteiger partial charge in [0.05, 0.1) is 0 Å². The van der Waals surface area contributed by atoms with Crippen molar-refractivity contribution in [3.63, 3.8) is 0 Å². The van der Waals surface area contributed by atoms with Crippen molar-refractivity contribution in [1.29, 1.82) is 0 Å². The summed E-state index contributed by atoms with van der Waals surface area (Å²) in [6, 6.07) is 13.5. The number of hydrogen-bond donors (Lipinski definition) is 1. The van der Waals surface area contributed by atoms with Gasteiger partial charge in [-0.25, -0.2) is 0 Å². The van der Waals surface area contributed by atoms with E-state index in [4.69, 9.17) is 4.74 Å². The van der Waals surface area contributed by atoms with E-state index in [-0.39, 0.29) is 5.92 Å². The first-order chi connectivity index (χ1) is 13.0. The number of benzene rings is 2. The molecule has 0 saturated heterocycles. The molecule has 2 aromatic carbocycles. The zero-order valence-electron chi connectivity index (χ0n) is 16.4. The topological polar surface area (TPSA) is 29.5 Å². The van der Waals surface area contributed by atoms with Gasteiger partial charge in [0.2, 0.25) is 6.29 Å². The summed E-state index contributed by atoms with van der Waals surface area (Å²) in [5.74, 6) is 0.799. The lowest BCUT2D eigenvalue weighted by Gasteiger charge is -2.17. The number of ether oxygens (including phenoxy) is 1. The molecule has 0 fully saturated rings. The number of hydrogen-bond acceptors (Lipinski definition) is 2. The average molecular weight is 360 g/mol. The van der Waals surface area contributed by atoms with Crippen molar-refractivity contribution in [3.8, 4) is 5.75 Å². The van der Waals surface area contributed by atoms with Crippen molar-refractivity contribution >= 4 is 12.2 Å². The van der Waals surface area contributed by atoms with E-state index in [2.05, 4.69) is 19.2 Å². The molecule has 0 aromatic heterocycles. The van der Waals surface area contributed by atoms with E-state index in [1.807, 2.05) is 81.5 Å². The summed E-state index contributed by atoms with van der Waals surface area (Å²) in [4.78, 5) is 0. The smallest absolute Gasteiger partial charge is 0.224 e. The summed E-state index contributed by atoms with van der Waals surface area (Å²) in [7, 11) is 0. The normalized spacial score (nSPS) is 13.6. The minimum Gasteiger partial charge on any atom is -0.461 e. The van der Waals surface area contributed by atoms with E-state index >= 15 is 0 Å². The molecule has 2 atom stereocenters. The van der Waals surface area contributed by atoms with E-state index < -0.39 is 6.29 Å². The molecular weight excluding hydrogens is 332 g/mol. The van der Waals surface area contributed by atoms with E-state index in [0.717, 1.165) is 22.3 Å². The Morgan fingerprint density at radius 2 is 1.67 bits per heavy atom. The zero-order valence-corrected chi connectivity index (χ0v) is 16.4. The molecule has 1 N–H and O–H groups in total. The molecule has 2 aromatic rings. The van der Waals surface area contributed by atoms with Crippen LogP contribution in [-0.2, 0) is 0 Å². The Labute approximate surface area is 162 Å². The molecule has 0 aliphatic carbocycles. The summed E-state index contributed by atoms with van der Waals surface area (Å²) in [5.41, 5.74) is 4.94. The third-order valence-electron chi connectivity index (χ3n) is 4.36. The fourth-order valence-corrected chi connectivity index (χ4v) is 2.96. The van der Waals surface area contributed by atoms with Crippen LogP contribution < -0.4 is 4.74 Å². The first kappa shape index (κ1) is 20.5. The van der Waals surface area contributed by atoms with Gasteiger partial charge in [-0.1, -0.05) is 73.4 Å². The van der Waals surface area contributed by atoms with Gasteiger partial charge in [-0.2, -0.15) is 0 Å². The molecule has 0 aliphatic heterocycles. The Morgan fingerprint density at radius 3 is 2.22 bits per heavy atom. The minimum atomic E-state index is -1.04. The lowest BCUT2D eigenvalue weighted by molar-refractivity contribution is -0.0194. The molecular formula is C25H28O2. The van der Waals surface area contributed by atoms with E-state index in [1.54, 1.807) is 6.08 Å². The maximum absolute atomic E-state index is 10.5. The van der Waals surface area contributed by atoms with Gasteiger partial charge >= 0.3 is 0 Å². The summed E-state index contributed by atoms with van der Waals surface area (Å²) in [6.07, 6.45) is 8.87. The van der Waals surface area contributed by atoms with Crippen LogP contribution in [0.3, 0.4) is 0 Å². The Morgan fingerprint density at radius 1 is 1.00 bits per heavy atom. The molecule has 2 heteroatoms. The second kappa shape index (κ2) is 9.75. The highest BCUT2D eigenvalue weighted by Gasteiger charge is 2.12. The van der Waals surface area contributed by atoms with Gasteiger partial charge in [-0.05, 0) is 55.7 Å². The minimum absolute atomic E-state index is 0.184. The molecule has 0 heterocycles. The predicted molar refractivity (Wildman–Crippen MR) is 116 cm³/mol. The Hall–Kier alpha value is -2.84. The van der Waals surface area contributed by atoms with Crippen molar-refractivity contribution in [2.75, 3.05) is 0 Å². The fraction of sp³-hybridized carbons (Fsp3) is 0.200. The average Bonchev–Trinajstić information content (AvgIpc) is 2.67. The van der Waals surface area contributed by atoms with Gasteiger partial charge in [0.15, 0.2) is 0 Å². The number of allylic oxidation sites excluding steroid dienone is 4. The second-order valence-electron chi connectivity index (χ2n) is 6.48. The largest absolute Gasteiger partial charge is 0.461 e. The molecule has 0 saturated carbocycles. The first-order valence-corrected chi connectivity index (χ1v) is 9.12. The predicted octanol–water partition coefficient (Wildman–Crippen LogP) is 6.67. The monoisotopic (exact) mass is 360 g/mol. The van der Waals surface area contributed by atoms with Gasteiger partial charge in [-0.15, -0.1) is 0 Å². The van der Waals surface area contributed by atoms with Gasteiger partial charge in [0, 0.05) is 11.5 Å². The van der Waals surface area contributed by atoms with E-state index in [0.29, 0.717) is 11.3 Å². The molecule has 0 spiro atoms. The maximum Gasteiger partial charge on any atom is 0.224 e. The summed E-state index contributed by atoms with van der Waals surface area (Å²) in [5, 5.41) is 10.5. The quantitative estimate of drug-likeness (QED) is 0.421. The van der Waals surface area contributed by atoms with Crippen LogP contribution in [0.25, 0.3) is 12.2 Å². The van der Waals surface area contributed by atoms with Crippen LogP contribution in [0.15, 0.2) is 79.4 Å². The van der Waals surface area contributed by atoms with Crippen molar-refractivity contribution in [1.82, 2.24) is 0 Å². The zero-order chi connectivity index (χ0) is 19.8. The highest BCUT2D eigenvalue weighted by Crippen LogP contribution is 2.28. The molecule has 27 heavy (non-hydrogen) atoms. The molecule has 140 valence electrons. The van der Waals surface area contributed by atoms with E-state index in [1.165, 1.54) is 0 Å². The van der Waals surface area contributed by atoms with Crippen LogP contribution in [0, 0.1) is 0 Å². The van der Waals surface area contributed by atoms with E-state index in [9.17, 15) is 5.11 Å². The molecule has 2 unspecified atom stereocenters.